The smallest absolute Gasteiger partial charge is 0.189 e. The van der Waals surface area contributed by atoms with Gasteiger partial charge in [-0.3, -0.25) is 4.79 Å². The number of hydrogen-bond acceptors (Lipinski definition) is 6. The molecule has 3 N–H and O–H groups in total. The summed E-state index contributed by atoms with van der Waals surface area (Å²) in [4.78, 5) is 10.8. The monoisotopic (exact) mass is 308 g/mol. The molecule has 19 heavy (non-hydrogen) atoms. The summed E-state index contributed by atoms with van der Waals surface area (Å²) in [5, 5.41) is 27.7. The lowest BCUT2D eigenvalue weighted by Gasteiger charge is -2.39. The fraction of sp³-hybridized carbons (Fsp3) is 0.833. The number of thiol groups is 1. The molecule has 0 aromatic rings. The molecular weight excluding hydrogens is 288 g/mol. The standard InChI is InChI=1S/C12H20O5S2/c13-6-8-1-3-12(7-14,4-2-8)17-11(19)9(15)5-10(16)18/h8-9,13-15H,1-7H2,(H,16,18). The van der Waals surface area contributed by atoms with Gasteiger partial charge in [0.05, 0.1) is 13.0 Å². The molecule has 1 atom stereocenters. The predicted molar refractivity (Wildman–Crippen MR) is 77.2 cm³/mol. The van der Waals surface area contributed by atoms with Crippen LogP contribution in [0, 0.1) is 5.92 Å². The van der Waals surface area contributed by atoms with E-state index < -0.39 is 16.8 Å². The summed E-state index contributed by atoms with van der Waals surface area (Å²) in [5.41, 5.74) is -0.802. The van der Waals surface area contributed by atoms with Crippen LogP contribution in [0.15, 0.2) is 0 Å². The van der Waals surface area contributed by atoms with E-state index in [0.29, 0.717) is 12.8 Å². The van der Waals surface area contributed by atoms with Crippen molar-refractivity contribution in [1.82, 2.24) is 0 Å². The van der Waals surface area contributed by atoms with E-state index in [1.54, 1.807) is 0 Å². The van der Waals surface area contributed by atoms with Crippen LogP contribution in [0.2, 0.25) is 0 Å². The van der Waals surface area contributed by atoms with Crippen LogP contribution in [0.25, 0.3) is 0 Å². The summed E-state index contributed by atoms with van der Waals surface area (Å²) in [5.74, 6) is 0.223. The quantitative estimate of drug-likeness (QED) is 0.421. The summed E-state index contributed by atoms with van der Waals surface area (Å²) in [7, 11) is 0. The van der Waals surface area contributed by atoms with Crippen LogP contribution >= 0.6 is 24.8 Å². The summed E-state index contributed by atoms with van der Waals surface area (Å²) in [6.45, 7) is -0.0738. The molecule has 1 aliphatic rings. The van der Waals surface area contributed by atoms with Gasteiger partial charge in [0.2, 0.25) is 0 Å². The van der Waals surface area contributed by atoms with Gasteiger partial charge in [-0.05, 0) is 43.8 Å². The van der Waals surface area contributed by atoms with Crippen LogP contribution in [-0.2, 0) is 9.53 Å². The second kappa shape index (κ2) is 7.54. The highest BCUT2D eigenvalue weighted by Crippen LogP contribution is 2.35. The molecule has 1 fully saturated rings. The molecule has 0 spiro atoms. The second-order valence-electron chi connectivity index (χ2n) is 5.00. The normalized spacial score (nSPS) is 28.7. The van der Waals surface area contributed by atoms with Crippen molar-refractivity contribution in [2.45, 2.75) is 43.8 Å². The molecule has 0 radical (unpaired) electrons. The summed E-state index contributed by atoms with van der Waals surface area (Å²) in [6, 6.07) is 0. The number of ether oxygens (including phenoxy) is 1. The Labute approximate surface area is 123 Å². The molecule has 1 rings (SSSR count). The van der Waals surface area contributed by atoms with Gasteiger partial charge in [0.15, 0.2) is 10.2 Å². The molecule has 1 aliphatic carbocycles. The third kappa shape index (κ3) is 5.00. The highest BCUT2D eigenvalue weighted by atomic mass is 32.1. The summed E-state index contributed by atoms with van der Waals surface area (Å²) in [6.07, 6.45) is 1.22. The Balaban J connectivity index is 2.57. The van der Waals surface area contributed by atoms with Crippen molar-refractivity contribution in [2.24, 2.45) is 5.92 Å². The van der Waals surface area contributed by atoms with Gasteiger partial charge in [0, 0.05) is 6.61 Å². The number of thiocarbonyl (C=S) groups is 1. The molecule has 110 valence electrons. The van der Waals surface area contributed by atoms with Gasteiger partial charge in [0.1, 0.15) is 11.7 Å². The third-order valence-corrected chi connectivity index (χ3v) is 4.06. The van der Waals surface area contributed by atoms with E-state index in [0.717, 1.165) is 12.8 Å². The zero-order valence-corrected chi connectivity index (χ0v) is 12.3. The lowest BCUT2D eigenvalue weighted by molar-refractivity contribution is -0.112. The Morgan fingerprint density at radius 3 is 2.42 bits per heavy atom. The van der Waals surface area contributed by atoms with Gasteiger partial charge >= 0.3 is 0 Å². The lowest BCUT2D eigenvalue weighted by atomic mass is 9.79. The van der Waals surface area contributed by atoms with Crippen LogP contribution in [0.4, 0.5) is 0 Å². The first-order valence-electron chi connectivity index (χ1n) is 6.27. The number of aliphatic hydroxyl groups is 3. The lowest BCUT2D eigenvalue weighted by Crippen LogP contribution is -2.44. The van der Waals surface area contributed by atoms with Gasteiger partial charge in [-0.15, -0.1) is 12.6 Å². The Hall–Kier alpha value is -0.210. The van der Waals surface area contributed by atoms with Crippen molar-refractivity contribution in [3.05, 3.63) is 0 Å². The first-order valence-corrected chi connectivity index (χ1v) is 7.12. The maximum atomic E-state index is 10.8. The largest absolute Gasteiger partial charge is 0.476 e. The predicted octanol–water partition coefficient (Wildman–Crippen LogP) is 0.451. The average Bonchev–Trinajstić information content (AvgIpc) is 2.38. The van der Waals surface area contributed by atoms with E-state index in [2.05, 4.69) is 12.6 Å². The van der Waals surface area contributed by atoms with E-state index in [1.807, 2.05) is 0 Å². The van der Waals surface area contributed by atoms with Gasteiger partial charge in [0.25, 0.3) is 0 Å². The molecule has 1 unspecified atom stereocenters. The number of aliphatic hydroxyl groups excluding tert-OH is 3. The molecule has 7 heteroatoms. The van der Waals surface area contributed by atoms with E-state index >= 15 is 0 Å². The number of carbonyl (C=O) groups excluding carboxylic acids is 1. The van der Waals surface area contributed by atoms with E-state index in [9.17, 15) is 15.0 Å². The van der Waals surface area contributed by atoms with Crippen molar-refractivity contribution in [1.29, 1.82) is 0 Å². The number of rotatable bonds is 6. The Bertz CT molecular complexity index is 326. The highest BCUT2D eigenvalue weighted by Gasteiger charge is 2.38. The molecule has 5 nitrogen and oxygen atoms in total. The van der Waals surface area contributed by atoms with Crippen LogP contribution in [0.3, 0.4) is 0 Å². The van der Waals surface area contributed by atoms with E-state index in [-0.39, 0.29) is 30.6 Å². The molecule has 0 saturated heterocycles. The maximum absolute atomic E-state index is 10.8. The zero-order valence-electron chi connectivity index (χ0n) is 10.6. The van der Waals surface area contributed by atoms with Gasteiger partial charge in [-0.2, -0.15) is 0 Å². The van der Waals surface area contributed by atoms with Crippen molar-refractivity contribution < 1.29 is 24.9 Å². The topological polar surface area (TPSA) is 87.0 Å². The second-order valence-corrected chi connectivity index (χ2v) is 5.90. The first-order chi connectivity index (χ1) is 8.92. The Morgan fingerprint density at radius 2 is 2.00 bits per heavy atom. The molecule has 0 aromatic heterocycles. The summed E-state index contributed by atoms with van der Waals surface area (Å²) < 4.78 is 5.55. The fourth-order valence-electron chi connectivity index (χ4n) is 2.21. The van der Waals surface area contributed by atoms with Gasteiger partial charge in [-0.1, -0.05) is 0 Å². The first kappa shape index (κ1) is 16.8. The maximum Gasteiger partial charge on any atom is 0.189 e. The molecule has 1 saturated carbocycles. The summed E-state index contributed by atoms with van der Waals surface area (Å²) >= 11 is 8.53. The molecule has 0 heterocycles. The molecular formula is C12H20O5S2. The van der Waals surface area contributed by atoms with Crippen LogP contribution in [-0.4, -0.2) is 50.4 Å². The molecule has 0 aromatic carbocycles. The van der Waals surface area contributed by atoms with Gasteiger partial charge < -0.3 is 20.1 Å². The SMILES string of the molecule is O=C(S)CC(O)C(=S)OC1(CO)CCC(CO)CC1. The van der Waals surface area contributed by atoms with Crippen LogP contribution < -0.4 is 0 Å². The van der Waals surface area contributed by atoms with Crippen molar-refractivity contribution >= 4 is 35.0 Å². The molecule has 0 aliphatic heterocycles. The fourth-order valence-corrected chi connectivity index (χ4v) is 2.64. The zero-order chi connectivity index (χ0) is 14.5. The van der Waals surface area contributed by atoms with E-state index in [4.69, 9.17) is 22.1 Å². The molecule has 0 bridgehead atoms. The van der Waals surface area contributed by atoms with Crippen molar-refractivity contribution in [2.75, 3.05) is 13.2 Å². The van der Waals surface area contributed by atoms with Crippen molar-refractivity contribution in [3.8, 4) is 0 Å². The van der Waals surface area contributed by atoms with Crippen molar-refractivity contribution in [3.63, 3.8) is 0 Å². The van der Waals surface area contributed by atoms with Gasteiger partial charge in [-0.25, -0.2) is 0 Å². The third-order valence-electron chi connectivity index (χ3n) is 3.52. The average molecular weight is 308 g/mol. The Morgan fingerprint density at radius 1 is 1.42 bits per heavy atom. The molecule has 0 amide bonds. The van der Waals surface area contributed by atoms with Crippen LogP contribution in [0.5, 0.6) is 0 Å². The minimum absolute atomic E-state index is 0.0844. The van der Waals surface area contributed by atoms with E-state index in [1.165, 1.54) is 0 Å². The minimum atomic E-state index is -1.18. The number of carbonyl (C=O) groups is 1. The highest BCUT2D eigenvalue weighted by molar-refractivity contribution is 7.96. The number of hydrogen-bond donors (Lipinski definition) is 4. The minimum Gasteiger partial charge on any atom is -0.476 e. The van der Waals surface area contributed by atoms with Crippen LogP contribution in [0.1, 0.15) is 32.1 Å². The Kier molecular flexibility index (Phi) is 6.68.